The maximum Gasteiger partial charge on any atom is 0.253 e. The first-order valence-corrected chi connectivity index (χ1v) is 11.0. The van der Waals surface area contributed by atoms with Gasteiger partial charge in [0.1, 0.15) is 0 Å². The number of benzene rings is 1. The molecule has 0 spiro atoms. The van der Waals surface area contributed by atoms with Crippen molar-refractivity contribution in [2.24, 2.45) is 4.99 Å². The summed E-state index contributed by atoms with van der Waals surface area (Å²) in [5.41, 5.74) is 1.81. The third-order valence-corrected chi connectivity index (χ3v) is 6.18. The molecule has 7 heteroatoms. The second-order valence-corrected chi connectivity index (χ2v) is 8.46. The lowest BCUT2D eigenvalue weighted by Gasteiger charge is -2.27. The van der Waals surface area contributed by atoms with E-state index in [0.29, 0.717) is 18.2 Å². The highest BCUT2D eigenvalue weighted by Crippen LogP contribution is 2.27. The first-order chi connectivity index (χ1) is 14.1. The lowest BCUT2D eigenvalue weighted by Crippen LogP contribution is -2.42. The van der Waals surface area contributed by atoms with E-state index in [9.17, 15) is 4.79 Å². The van der Waals surface area contributed by atoms with Crippen molar-refractivity contribution in [2.45, 2.75) is 25.4 Å². The monoisotopic (exact) mass is 413 g/mol. The van der Waals surface area contributed by atoms with E-state index in [1.165, 1.54) is 17.7 Å². The van der Waals surface area contributed by atoms with Crippen LogP contribution in [0.25, 0.3) is 0 Å². The number of nitrogens with one attached hydrogen (secondary N) is 2. The van der Waals surface area contributed by atoms with Crippen molar-refractivity contribution in [3.63, 3.8) is 0 Å². The van der Waals surface area contributed by atoms with E-state index in [4.69, 9.17) is 0 Å². The van der Waals surface area contributed by atoms with Crippen LogP contribution < -0.4 is 10.6 Å². The molecule has 156 valence electrons. The summed E-state index contributed by atoms with van der Waals surface area (Å²) in [7, 11) is 5.32. The van der Waals surface area contributed by atoms with E-state index in [2.05, 4.69) is 38.0 Å². The molecule has 6 nitrogen and oxygen atoms in total. The molecule has 1 fully saturated rings. The van der Waals surface area contributed by atoms with Crippen LogP contribution in [0.5, 0.6) is 0 Å². The second kappa shape index (κ2) is 10.4. The van der Waals surface area contributed by atoms with E-state index < -0.39 is 0 Å². The maximum absolute atomic E-state index is 12.0. The smallest absolute Gasteiger partial charge is 0.253 e. The number of amides is 1. The van der Waals surface area contributed by atoms with Gasteiger partial charge in [-0.15, -0.1) is 11.3 Å². The standard InChI is InChI=1S/C22H31N5OS/c1-23-22(24-15-17-8-10-18(11-9-17)21(28)26(2)3)25-16-19(20-7-6-14-29-20)27-12-4-5-13-27/h6-11,14,19H,4-5,12-13,15-16H2,1-3H3,(H2,23,24,25). The molecule has 1 saturated heterocycles. The van der Waals surface area contributed by atoms with Crippen LogP contribution >= 0.6 is 11.3 Å². The Labute approximate surface area is 177 Å². The Balaban J connectivity index is 1.54. The van der Waals surface area contributed by atoms with Gasteiger partial charge in [0, 0.05) is 44.7 Å². The second-order valence-electron chi connectivity index (χ2n) is 7.48. The molecule has 2 heterocycles. The molecule has 29 heavy (non-hydrogen) atoms. The minimum atomic E-state index is 0.0171. The molecule has 2 N–H and O–H groups in total. The van der Waals surface area contributed by atoms with Crippen LogP contribution in [0.2, 0.25) is 0 Å². The molecule has 1 amide bonds. The van der Waals surface area contributed by atoms with Crippen LogP contribution in [-0.4, -0.2) is 62.4 Å². The van der Waals surface area contributed by atoms with Gasteiger partial charge in [-0.3, -0.25) is 14.7 Å². The fraction of sp³-hybridized carbons (Fsp3) is 0.455. The Morgan fingerprint density at radius 1 is 1.17 bits per heavy atom. The van der Waals surface area contributed by atoms with Gasteiger partial charge in [-0.05, 0) is 55.1 Å². The zero-order chi connectivity index (χ0) is 20.6. The molecule has 1 atom stereocenters. The molecule has 1 aliphatic rings. The predicted molar refractivity (Wildman–Crippen MR) is 121 cm³/mol. The van der Waals surface area contributed by atoms with Crippen LogP contribution in [0.3, 0.4) is 0 Å². The van der Waals surface area contributed by atoms with Crippen LogP contribution in [0, 0.1) is 0 Å². The molecular formula is C22H31N5OS. The first-order valence-electron chi connectivity index (χ1n) is 10.1. The number of rotatable bonds is 7. The van der Waals surface area contributed by atoms with Crippen LogP contribution in [0.4, 0.5) is 0 Å². The number of nitrogens with zero attached hydrogens (tertiary/aromatic N) is 3. The molecule has 0 aliphatic carbocycles. The van der Waals surface area contributed by atoms with Crippen LogP contribution in [-0.2, 0) is 6.54 Å². The Bertz CT molecular complexity index is 795. The van der Waals surface area contributed by atoms with E-state index in [1.54, 1.807) is 26.0 Å². The van der Waals surface area contributed by atoms with Gasteiger partial charge in [0.25, 0.3) is 5.91 Å². The number of hydrogen-bond donors (Lipinski definition) is 2. The minimum Gasteiger partial charge on any atom is -0.354 e. The number of thiophene rings is 1. The van der Waals surface area contributed by atoms with Gasteiger partial charge in [-0.25, -0.2) is 0 Å². The summed E-state index contributed by atoms with van der Waals surface area (Å²) in [4.78, 5) is 21.9. The zero-order valence-electron chi connectivity index (χ0n) is 17.5. The Morgan fingerprint density at radius 2 is 1.90 bits per heavy atom. The molecule has 0 saturated carbocycles. The third kappa shape index (κ3) is 5.81. The van der Waals surface area contributed by atoms with Crippen molar-refractivity contribution in [3.05, 3.63) is 57.8 Å². The molecule has 1 aliphatic heterocycles. The molecule has 1 aromatic heterocycles. The van der Waals surface area contributed by atoms with Crippen molar-refractivity contribution in [3.8, 4) is 0 Å². The number of carbonyl (C=O) groups is 1. The first kappa shape index (κ1) is 21.3. The quantitative estimate of drug-likeness (QED) is 0.541. The Morgan fingerprint density at radius 3 is 2.48 bits per heavy atom. The normalized spacial score (nSPS) is 15.9. The van der Waals surface area contributed by atoms with Crippen molar-refractivity contribution in [1.82, 2.24) is 20.4 Å². The van der Waals surface area contributed by atoms with Gasteiger partial charge in [0.15, 0.2) is 5.96 Å². The minimum absolute atomic E-state index is 0.0171. The van der Waals surface area contributed by atoms with Crippen molar-refractivity contribution >= 4 is 23.2 Å². The van der Waals surface area contributed by atoms with E-state index in [1.807, 2.05) is 35.6 Å². The highest BCUT2D eigenvalue weighted by Gasteiger charge is 2.24. The topological polar surface area (TPSA) is 60.0 Å². The van der Waals surface area contributed by atoms with Crippen LogP contribution in [0.15, 0.2) is 46.8 Å². The van der Waals surface area contributed by atoms with Gasteiger partial charge < -0.3 is 15.5 Å². The number of aliphatic imine (C=N–C) groups is 1. The number of hydrogen-bond acceptors (Lipinski definition) is 4. The average Bonchev–Trinajstić information content (AvgIpc) is 3.45. The van der Waals surface area contributed by atoms with Crippen molar-refractivity contribution < 1.29 is 4.79 Å². The lowest BCUT2D eigenvalue weighted by molar-refractivity contribution is 0.0827. The fourth-order valence-corrected chi connectivity index (χ4v) is 4.43. The summed E-state index contributed by atoms with van der Waals surface area (Å²) in [6.07, 6.45) is 2.56. The summed E-state index contributed by atoms with van der Waals surface area (Å²) in [6.45, 7) is 3.81. The Hall–Kier alpha value is -2.38. The zero-order valence-corrected chi connectivity index (χ0v) is 18.3. The largest absolute Gasteiger partial charge is 0.354 e. The van der Waals surface area contributed by atoms with Gasteiger partial charge in [0.2, 0.25) is 0 Å². The summed E-state index contributed by atoms with van der Waals surface area (Å²) in [5.74, 6) is 0.808. The van der Waals surface area contributed by atoms with Gasteiger partial charge >= 0.3 is 0 Å². The van der Waals surface area contributed by atoms with E-state index in [-0.39, 0.29) is 5.91 Å². The number of guanidine groups is 1. The predicted octanol–water partition coefficient (Wildman–Crippen LogP) is 2.95. The van der Waals surface area contributed by atoms with Crippen molar-refractivity contribution in [1.29, 1.82) is 0 Å². The molecule has 2 aromatic rings. The maximum atomic E-state index is 12.0. The molecular weight excluding hydrogens is 382 g/mol. The van der Waals surface area contributed by atoms with E-state index in [0.717, 1.165) is 31.2 Å². The van der Waals surface area contributed by atoms with Gasteiger partial charge in [-0.2, -0.15) is 0 Å². The lowest BCUT2D eigenvalue weighted by atomic mass is 10.1. The summed E-state index contributed by atoms with van der Waals surface area (Å²) < 4.78 is 0. The Kier molecular flexibility index (Phi) is 7.66. The van der Waals surface area contributed by atoms with E-state index >= 15 is 0 Å². The molecule has 0 bridgehead atoms. The summed E-state index contributed by atoms with van der Waals surface area (Å²) in [6, 6.07) is 12.4. The molecule has 1 aromatic carbocycles. The summed E-state index contributed by atoms with van der Waals surface area (Å²) >= 11 is 1.82. The average molecular weight is 414 g/mol. The number of likely N-dealkylation sites (tertiary alicyclic amines) is 1. The SMILES string of the molecule is CN=C(NCc1ccc(C(=O)N(C)C)cc1)NCC(c1cccs1)N1CCCC1. The summed E-state index contributed by atoms with van der Waals surface area (Å²) in [5, 5.41) is 9.02. The highest BCUT2D eigenvalue weighted by atomic mass is 32.1. The van der Waals surface area contributed by atoms with Crippen LogP contribution in [0.1, 0.15) is 39.7 Å². The number of carbonyl (C=O) groups excluding carboxylic acids is 1. The fourth-order valence-electron chi connectivity index (χ4n) is 3.57. The molecule has 0 radical (unpaired) electrons. The third-order valence-electron chi connectivity index (χ3n) is 5.21. The van der Waals surface area contributed by atoms with Gasteiger partial charge in [0.05, 0.1) is 6.04 Å². The van der Waals surface area contributed by atoms with Gasteiger partial charge in [-0.1, -0.05) is 18.2 Å². The highest BCUT2D eigenvalue weighted by molar-refractivity contribution is 7.10. The van der Waals surface area contributed by atoms with Crippen molar-refractivity contribution in [2.75, 3.05) is 40.8 Å². The molecule has 1 unspecified atom stereocenters. The molecule has 3 rings (SSSR count).